The summed E-state index contributed by atoms with van der Waals surface area (Å²) in [6, 6.07) is 71.4. The van der Waals surface area contributed by atoms with Crippen LogP contribution in [0.1, 0.15) is 22.3 Å². The van der Waals surface area contributed by atoms with Crippen molar-refractivity contribution in [1.82, 2.24) is 19.9 Å². The van der Waals surface area contributed by atoms with E-state index in [1.165, 1.54) is 43.0 Å². The number of fused-ring (bicyclic) bond motifs is 10. The minimum absolute atomic E-state index is 0.596. The molecule has 3 heterocycles. The first-order valence-corrected chi connectivity index (χ1v) is 21.0. The third-order valence-electron chi connectivity index (χ3n) is 12.0. The van der Waals surface area contributed by atoms with Gasteiger partial charge in [0.05, 0.1) is 11.1 Å². The van der Waals surface area contributed by atoms with E-state index in [9.17, 15) is 0 Å². The van der Waals surface area contributed by atoms with Crippen LogP contribution in [-0.4, -0.2) is 19.9 Å². The molecule has 8 aromatic carbocycles. The molecule has 0 fully saturated rings. The van der Waals surface area contributed by atoms with E-state index in [0.717, 1.165) is 50.0 Å². The summed E-state index contributed by atoms with van der Waals surface area (Å²) in [6.07, 6.45) is 1.91. The molecular formula is C55H34N4S. The molecule has 4 nitrogen and oxygen atoms in total. The molecular weight excluding hydrogens is 749 g/mol. The van der Waals surface area contributed by atoms with Gasteiger partial charge < -0.3 is 0 Å². The number of nitrogens with zero attached hydrogens (tertiary/aromatic N) is 4. The van der Waals surface area contributed by atoms with Crippen LogP contribution in [0.15, 0.2) is 216 Å². The zero-order valence-electron chi connectivity index (χ0n) is 32.3. The van der Waals surface area contributed by atoms with Gasteiger partial charge in [-0.15, -0.1) is 0 Å². The van der Waals surface area contributed by atoms with E-state index in [0.29, 0.717) is 17.5 Å². The summed E-state index contributed by atoms with van der Waals surface area (Å²) in [4.78, 5) is 23.2. The van der Waals surface area contributed by atoms with Gasteiger partial charge in [-0.05, 0) is 74.2 Å². The quantitative estimate of drug-likeness (QED) is 0.174. The largest absolute Gasteiger partial charge is 0.256 e. The number of aromatic nitrogens is 4. The molecule has 5 heteroatoms. The number of hydrogen-bond donors (Lipinski definition) is 0. The van der Waals surface area contributed by atoms with E-state index in [2.05, 4.69) is 164 Å². The minimum Gasteiger partial charge on any atom is -0.256 e. The molecule has 2 aliphatic rings. The van der Waals surface area contributed by atoms with Gasteiger partial charge in [0.15, 0.2) is 17.5 Å². The molecule has 2 aromatic heterocycles. The molecule has 0 bridgehead atoms. The van der Waals surface area contributed by atoms with Crippen LogP contribution in [-0.2, 0) is 5.41 Å². The van der Waals surface area contributed by atoms with Crippen LogP contribution in [0.5, 0.6) is 0 Å². The molecule has 10 aromatic rings. The topological polar surface area (TPSA) is 51.6 Å². The Hall–Kier alpha value is -7.47. The van der Waals surface area contributed by atoms with Crippen LogP contribution < -0.4 is 0 Å². The SMILES string of the molecule is c1ccc(-c2nc(-c3ccccc3)nc(-c3cccc4c3-c3c(-c5cccc(-c6nccc7ccccc67)c5)cccc3C43c4ccccc4Sc4ccccc43)n2)cc1. The molecule has 0 unspecified atom stereocenters. The highest BCUT2D eigenvalue weighted by Gasteiger charge is 2.51. The van der Waals surface area contributed by atoms with Crippen LogP contribution in [0.25, 0.3) is 78.4 Å². The first-order valence-electron chi connectivity index (χ1n) is 20.2. The molecule has 60 heavy (non-hydrogen) atoms. The van der Waals surface area contributed by atoms with Crippen molar-refractivity contribution in [1.29, 1.82) is 0 Å². The average molecular weight is 783 g/mol. The Labute approximate surface area is 352 Å². The smallest absolute Gasteiger partial charge is 0.164 e. The molecule has 0 radical (unpaired) electrons. The van der Waals surface area contributed by atoms with Gasteiger partial charge in [0.1, 0.15) is 0 Å². The maximum Gasteiger partial charge on any atom is 0.164 e. The second-order valence-electron chi connectivity index (χ2n) is 15.3. The second kappa shape index (κ2) is 13.8. The number of rotatable bonds is 5. The zero-order chi connectivity index (χ0) is 39.6. The van der Waals surface area contributed by atoms with Gasteiger partial charge in [0.2, 0.25) is 0 Å². The molecule has 1 aliphatic heterocycles. The van der Waals surface area contributed by atoms with Gasteiger partial charge in [-0.2, -0.15) is 0 Å². The van der Waals surface area contributed by atoms with Crippen molar-refractivity contribution in [3.05, 3.63) is 229 Å². The van der Waals surface area contributed by atoms with Gasteiger partial charge in [0, 0.05) is 43.6 Å². The Balaban J connectivity index is 1.18. The van der Waals surface area contributed by atoms with Crippen LogP contribution in [0.3, 0.4) is 0 Å². The number of benzene rings is 8. The fraction of sp³-hybridized carbons (Fsp3) is 0.0182. The van der Waals surface area contributed by atoms with E-state index < -0.39 is 5.41 Å². The zero-order valence-corrected chi connectivity index (χ0v) is 33.1. The van der Waals surface area contributed by atoms with Crippen molar-refractivity contribution in [3.63, 3.8) is 0 Å². The first-order chi connectivity index (χ1) is 29.8. The summed E-state index contributed by atoms with van der Waals surface area (Å²) in [5.74, 6) is 1.91. The van der Waals surface area contributed by atoms with E-state index in [-0.39, 0.29) is 0 Å². The summed E-state index contributed by atoms with van der Waals surface area (Å²) in [6.45, 7) is 0. The van der Waals surface area contributed by atoms with E-state index >= 15 is 0 Å². The van der Waals surface area contributed by atoms with E-state index in [4.69, 9.17) is 19.9 Å². The van der Waals surface area contributed by atoms with E-state index in [1.807, 2.05) is 54.4 Å². The molecule has 280 valence electrons. The summed E-state index contributed by atoms with van der Waals surface area (Å²) >= 11 is 1.85. The minimum atomic E-state index is -0.596. The van der Waals surface area contributed by atoms with Crippen molar-refractivity contribution in [3.8, 4) is 67.7 Å². The third kappa shape index (κ3) is 5.26. The van der Waals surface area contributed by atoms with Gasteiger partial charge in [0.25, 0.3) is 0 Å². The molecule has 1 aliphatic carbocycles. The molecule has 12 rings (SSSR count). The molecule has 0 amide bonds. The maximum atomic E-state index is 5.32. The van der Waals surface area contributed by atoms with Crippen LogP contribution in [0.2, 0.25) is 0 Å². The molecule has 0 saturated carbocycles. The Kier molecular flexibility index (Phi) is 7.97. The Bertz CT molecular complexity index is 3200. The van der Waals surface area contributed by atoms with Gasteiger partial charge >= 0.3 is 0 Å². The average Bonchev–Trinajstić information content (AvgIpc) is 3.63. The lowest BCUT2D eigenvalue weighted by Gasteiger charge is -2.39. The highest BCUT2D eigenvalue weighted by atomic mass is 32.2. The maximum absolute atomic E-state index is 5.32. The van der Waals surface area contributed by atoms with Gasteiger partial charge in [-0.3, -0.25) is 4.98 Å². The lowest BCUT2D eigenvalue weighted by Crippen LogP contribution is -2.31. The molecule has 1 spiro atoms. The lowest BCUT2D eigenvalue weighted by molar-refractivity contribution is 0.722. The van der Waals surface area contributed by atoms with E-state index in [1.54, 1.807) is 0 Å². The predicted molar refractivity (Wildman–Crippen MR) is 244 cm³/mol. The van der Waals surface area contributed by atoms with Crippen LogP contribution in [0, 0.1) is 0 Å². The normalized spacial score (nSPS) is 13.1. The summed E-state index contributed by atoms with van der Waals surface area (Å²) < 4.78 is 0. The molecule has 0 atom stereocenters. The Morgan fingerprint density at radius 3 is 1.55 bits per heavy atom. The van der Waals surface area contributed by atoms with Gasteiger partial charge in [-0.1, -0.05) is 188 Å². The van der Waals surface area contributed by atoms with Crippen molar-refractivity contribution < 1.29 is 0 Å². The highest BCUT2D eigenvalue weighted by Crippen LogP contribution is 2.64. The lowest BCUT2D eigenvalue weighted by atomic mass is 9.67. The van der Waals surface area contributed by atoms with Crippen molar-refractivity contribution in [2.45, 2.75) is 15.2 Å². The van der Waals surface area contributed by atoms with Gasteiger partial charge in [-0.25, -0.2) is 15.0 Å². The Morgan fingerprint density at radius 1 is 0.367 bits per heavy atom. The fourth-order valence-corrected chi connectivity index (χ4v) is 10.7. The number of pyridine rings is 1. The highest BCUT2D eigenvalue weighted by molar-refractivity contribution is 7.99. The van der Waals surface area contributed by atoms with Crippen molar-refractivity contribution in [2.75, 3.05) is 0 Å². The molecule has 0 N–H and O–H groups in total. The van der Waals surface area contributed by atoms with Crippen molar-refractivity contribution >= 4 is 22.5 Å². The third-order valence-corrected chi connectivity index (χ3v) is 13.2. The molecule has 0 saturated heterocycles. The Morgan fingerprint density at radius 2 is 0.867 bits per heavy atom. The first kappa shape index (κ1) is 34.6. The van der Waals surface area contributed by atoms with Crippen molar-refractivity contribution in [2.24, 2.45) is 0 Å². The standard InChI is InChI=1S/C55H34N4S/c1-3-17-36(18-4-1)52-57-53(37-19-5-2-6-20-37)59-54(58-52)42-25-15-29-46-50(42)49-40(38-21-13-22-39(34-38)51-41-23-8-7-16-35(41)32-33-56-51)24-14-28-45(49)55(46)43-26-9-11-30-47(43)60-48-31-12-10-27-44(48)55/h1-34H. The summed E-state index contributed by atoms with van der Waals surface area (Å²) in [5, 5.41) is 2.30. The summed E-state index contributed by atoms with van der Waals surface area (Å²) in [7, 11) is 0. The monoisotopic (exact) mass is 782 g/mol. The van der Waals surface area contributed by atoms with Crippen LogP contribution >= 0.6 is 11.8 Å². The second-order valence-corrected chi connectivity index (χ2v) is 16.4. The summed E-state index contributed by atoms with van der Waals surface area (Å²) in [5.41, 5.74) is 13.9. The van der Waals surface area contributed by atoms with Crippen LogP contribution in [0.4, 0.5) is 0 Å². The fourth-order valence-electron chi connectivity index (χ4n) is 9.53. The number of hydrogen-bond acceptors (Lipinski definition) is 5. The predicted octanol–water partition coefficient (Wildman–Crippen LogP) is 13.6.